The standard InChI is InChI=1S/C6H7N5/c7-1-5-2-8-6-9-4-10-11(6)3-5/h2-4H,1,7H2. The lowest BCUT2D eigenvalue weighted by molar-refractivity contribution is 0.902. The zero-order valence-corrected chi connectivity index (χ0v) is 5.81. The summed E-state index contributed by atoms with van der Waals surface area (Å²) in [4.78, 5) is 7.92. The summed E-state index contributed by atoms with van der Waals surface area (Å²) in [6.45, 7) is 0.475. The van der Waals surface area contributed by atoms with E-state index in [9.17, 15) is 0 Å². The van der Waals surface area contributed by atoms with Gasteiger partial charge in [0.15, 0.2) is 0 Å². The second kappa shape index (κ2) is 2.28. The third kappa shape index (κ3) is 0.947. The fraction of sp³-hybridized carbons (Fsp3) is 0.167. The molecule has 2 rings (SSSR count). The molecule has 0 fully saturated rings. The molecule has 11 heavy (non-hydrogen) atoms. The van der Waals surface area contributed by atoms with E-state index in [4.69, 9.17) is 5.73 Å². The minimum atomic E-state index is 0.475. The topological polar surface area (TPSA) is 69.1 Å². The molecule has 56 valence electrons. The van der Waals surface area contributed by atoms with Crippen LogP contribution in [-0.4, -0.2) is 19.6 Å². The lowest BCUT2D eigenvalue weighted by Crippen LogP contribution is -2.00. The van der Waals surface area contributed by atoms with E-state index in [1.165, 1.54) is 6.33 Å². The van der Waals surface area contributed by atoms with Gasteiger partial charge in [-0.05, 0) is 0 Å². The summed E-state index contributed by atoms with van der Waals surface area (Å²) in [5.74, 6) is 0.599. The molecule has 0 atom stereocenters. The van der Waals surface area contributed by atoms with Gasteiger partial charge in [-0.25, -0.2) is 9.50 Å². The van der Waals surface area contributed by atoms with Gasteiger partial charge in [0.05, 0.1) is 0 Å². The molecule has 0 aliphatic heterocycles. The van der Waals surface area contributed by atoms with Crippen LogP contribution in [0.5, 0.6) is 0 Å². The van der Waals surface area contributed by atoms with E-state index in [2.05, 4.69) is 15.1 Å². The van der Waals surface area contributed by atoms with Crippen molar-refractivity contribution in [3.63, 3.8) is 0 Å². The Kier molecular flexibility index (Phi) is 1.29. The summed E-state index contributed by atoms with van der Waals surface area (Å²) < 4.78 is 1.60. The Hall–Kier alpha value is -1.49. The first kappa shape index (κ1) is 6.23. The van der Waals surface area contributed by atoms with Gasteiger partial charge in [-0.15, -0.1) is 0 Å². The van der Waals surface area contributed by atoms with Crippen LogP contribution < -0.4 is 5.73 Å². The van der Waals surface area contributed by atoms with Crippen molar-refractivity contribution >= 4 is 5.78 Å². The smallest absolute Gasteiger partial charge is 0.252 e. The number of fused-ring (bicyclic) bond motifs is 1. The van der Waals surface area contributed by atoms with Crippen LogP contribution >= 0.6 is 0 Å². The van der Waals surface area contributed by atoms with E-state index in [0.717, 1.165) is 5.56 Å². The van der Waals surface area contributed by atoms with Gasteiger partial charge in [-0.2, -0.15) is 10.1 Å². The summed E-state index contributed by atoms with van der Waals surface area (Å²) in [5.41, 5.74) is 6.36. The molecular weight excluding hydrogens is 142 g/mol. The van der Waals surface area contributed by atoms with Crippen LogP contribution in [0.1, 0.15) is 5.56 Å². The van der Waals surface area contributed by atoms with Gasteiger partial charge < -0.3 is 5.73 Å². The molecule has 0 unspecified atom stereocenters. The van der Waals surface area contributed by atoms with Crippen molar-refractivity contribution in [2.45, 2.75) is 6.54 Å². The summed E-state index contributed by atoms with van der Waals surface area (Å²) in [6, 6.07) is 0. The Bertz CT molecular complexity index is 366. The molecule has 0 aliphatic rings. The highest BCUT2D eigenvalue weighted by atomic mass is 15.3. The van der Waals surface area contributed by atoms with E-state index < -0.39 is 0 Å². The zero-order chi connectivity index (χ0) is 7.68. The van der Waals surface area contributed by atoms with Crippen LogP contribution in [-0.2, 0) is 6.54 Å². The van der Waals surface area contributed by atoms with Crippen molar-refractivity contribution in [1.29, 1.82) is 0 Å². The van der Waals surface area contributed by atoms with Crippen LogP contribution in [0.2, 0.25) is 0 Å². The van der Waals surface area contributed by atoms with Crippen LogP contribution in [0.15, 0.2) is 18.7 Å². The zero-order valence-electron chi connectivity index (χ0n) is 5.81. The molecule has 0 spiro atoms. The van der Waals surface area contributed by atoms with Crippen molar-refractivity contribution in [2.75, 3.05) is 0 Å². The van der Waals surface area contributed by atoms with Crippen molar-refractivity contribution in [3.05, 3.63) is 24.3 Å². The van der Waals surface area contributed by atoms with E-state index in [1.807, 2.05) is 6.20 Å². The molecule has 5 nitrogen and oxygen atoms in total. The van der Waals surface area contributed by atoms with E-state index in [1.54, 1.807) is 10.7 Å². The molecule has 5 heteroatoms. The summed E-state index contributed by atoms with van der Waals surface area (Å²) in [7, 11) is 0. The first-order chi connectivity index (χ1) is 5.40. The average molecular weight is 149 g/mol. The fourth-order valence-corrected chi connectivity index (χ4v) is 0.864. The predicted octanol–water partition coefficient (Wildman–Crippen LogP) is -0.417. The van der Waals surface area contributed by atoms with Crippen molar-refractivity contribution < 1.29 is 0 Å². The maximum Gasteiger partial charge on any atom is 0.252 e. The normalized spacial score (nSPS) is 10.6. The molecule has 0 aliphatic carbocycles. The highest BCUT2D eigenvalue weighted by Crippen LogP contribution is 1.96. The third-order valence-corrected chi connectivity index (χ3v) is 1.42. The fourth-order valence-electron chi connectivity index (χ4n) is 0.864. The first-order valence-corrected chi connectivity index (χ1v) is 3.24. The molecule has 0 saturated carbocycles. The van der Waals surface area contributed by atoms with Gasteiger partial charge in [-0.1, -0.05) is 0 Å². The van der Waals surface area contributed by atoms with Gasteiger partial charge in [0.1, 0.15) is 6.33 Å². The molecule has 2 aromatic heterocycles. The molecule has 0 bridgehead atoms. The van der Waals surface area contributed by atoms with Crippen LogP contribution in [0.25, 0.3) is 5.78 Å². The van der Waals surface area contributed by atoms with Crippen LogP contribution in [0.4, 0.5) is 0 Å². The Morgan fingerprint density at radius 1 is 1.45 bits per heavy atom. The van der Waals surface area contributed by atoms with Crippen LogP contribution in [0.3, 0.4) is 0 Å². The van der Waals surface area contributed by atoms with Crippen molar-refractivity contribution in [1.82, 2.24) is 19.6 Å². The molecule has 2 N–H and O–H groups in total. The SMILES string of the molecule is NCc1cnc2ncnn2c1. The third-order valence-electron chi connectivity index (χ3n) is 1.42. The molecule has 2 aromatic rings. The summed E-state index contributed by atoms with van der Waals surface area (Å²) in [5, 5.41) is 3.91. The molecule has 2 heterocycles. The second-order valence-corrected chi connectivity index (χ2v) is 2.17. The van der Waals surface area contributed by atoms with Crippen molar-refractivity contribution in [2.24, 2.45) is 5.73 Å². The quantitative estimate of drug-likeness (QED) is 0.598. The van der Waals surface area contributed by atoms with E-state index in [-0.39, 0.29) is 0 Å². The second-order valence-electron chi connectivity index (χ2n) is 2.17. The largest absolute Gasteiger partial charge is 0.326 e. The number of nitrogens with two attached hydrogens (primary N) is 1. The minimum Gasteiger partial charge on any atom is -0.326 e. The number of nitrogens with zero attached hydrogens (tertiary/aromatic N) is 4. The van der Waals surface area contributed by atoms with E-state index >= 15 is 0 Å². The maximum atomic E-state index is 5.41. The first-order valence-electron chi connectivity index (χ1n) is 3.24. The van der Waals surface area contributed by atoms with Gasteiger partial charge in [0, 0.05) is 24.5 Å². The van der Waals surface area contributed by atoms with Gasteiger partial charge >= 0.3 is 0 Å². The number of hydrogen-bond acceptors (Lipinski definition) is 4. The van der Waals surface area contributed by atoms with Gasteiger partial charge in [0.25, 0.3) is 5.78 Å². The molecule has 0 amide bonds. The summed E-state index contributed by atoms with van der Waals surface area (Å²) in [6.07, 6.45) is 4.97. The minimum absolute atomic E-state index is 0.475. The van der Waals surface area contributed by atoms with Crippen LogP contribution in [0, 0.1) is 0 Å². The lowest BCUT2D eigenvalue weighted by atomic mass is 10.3. The predicted molar refractivity (Wildman–Crippen MR) is 38.7 cm³/mol. The molecular formula is C6H7N5. The number of hydrogen-bond donors (Lipinski definition) is 1. The molecule has 0 aromatic carbocycles. The monoisotopic (exact) mass is 149 g/mol. The molecule has 0 radical (unpaired) electrons. The molecule has 0 saturated heterocycles. The van der Waals surface area contributed by atoms with E-state index in [0.29, 0.717) is 12.3 Å². The maximum absolute atomic E-state index is 5.41. The Labute approximate surface area is 62.9 Å². The Morgan fingerprint density at radius 2 is 2.36 bits per heavy atom. The number of rotatable bonds is 1. The number of aromatic nitrogens is 4. The highest BCUT2D eigenvalue weighted by Gasteiger charge is 1.95. The lowest BCUT2D eigenvalue weighted by Gasteiger charge is -1.94. The summed E-state index contributed by atoms with van der Waals surface area (Å²) >= 11 is 0. The highest BCUT2D eigenvalue weighted by molar-refractivity contribution is 5.25. The van der Waals surface area contributed by atoms with Gasteiger partial charge in [-0.3, -0.25) is 0 Å². The Balaban J connectivity index is 2.67. The average Bonchev–Trinajstić information content (AvgIpc) is 2.50. The van der Waals surface area contributed by atoms with Crippen molar-refractivity contribution in [3.8, 4) is 0 Å². The Morgan fingerprint density at radius 3 is 3.18 bits per heavy atom. The van der Waals surface area contributed by atoms with Gasteiger partial charge in [0.2, 0.25) is 0 Å².